The number of benzene rings is 2. The number of fused-ring (bicyclic) bond motifs is 2. The Morgan fingerprint density at radius 2 is 1.92 bits per heavy atom. The minimum Gasteiger partial charge on any atom is -0.491 e. The van der Waals surface area contributed by atoms with E-state index in [1.54, 1.807) is 4.90 Å². The van der Waals surface area contributed by atoms with Crippen LogP contribution in [0.1, 0.15) is 52.0 Å². The molecule has 7 heteroatoms. The number of morpholine rings is 1. The maximum Gasteiger partial charge on any atom is 0.270 e. The van der Waals surface area contributed by atoms with Crippen LogP contribution in [0.15, 0.2) is 36.4 Å². The normalized spacial score (nSPS) is 21.3. The first-order valence-electron chi connectivity index (χ1n) is 12.9. The van der Waals surface area contributed by atoms with Crippen LogP contribution in [0.5, 0.6) is 5.75 Å². The Bertz CT molecular complexity index is 1300. The lowest BCUT2D eigenvalue weighted by Crippen LogP contribution is -2.61. The first-order valence-corrected chi connectivity index (χ1v) is 12.9. The molecule has 2 amide bonds. The van der Waals surface area contributed by atoms with E-state index in [0.29, 0.717) is 38.4 Å². The van der Waals surface area contributed by atoms with Gasteiger partial charge in [0.25, 0.3) is 11.8 Å². The van der Waals surface area contributed by atoms with Crippen LogP contribution >= 0.6 is 0 Å². The summed E-state index contributed by atoms with van der Waals surface area (Å²) in [7, 11) is 0. The molecule has 36 heavy (non-hydrogen) atoms. The molecule has 1 fully saturated rings. The fourth-order valence-electron chi connectivity index (χ4n) is 5.58. The molecule has 2 aliphatic heterocycles. The van der Waals surface area contributed by atoms with Gasteiger partial charge in [-0.05, 0) is 75.3 Å². The topological polar surface area (TPSA) is 83.7 Å². The van der Waals surface area contributed by atoms with Gasteiger partial charge in [-0.25, -0.2) is 0 Å². The fourth-order valence-corrected chi connectivity index (χ4v) is 5.58. The van der Waals surface area contributed by atoms with Crippen molar-refractivity contribution in [2.45, 2.75) is 52.1 Å². The molecule has 3 heterocycles. The van der Waals surface area contributed by atoms with Gasteiger partial charge in [0, 0.05) is 17.4 Å². The summed E-state index contributed by atoms with van der Waals surface area (Å²) in [5.74, 6) is 0.628. The predicted octanol–water partition coefficient (Wildman–Crippen LogP) is 4.23. The van der Waals surface area contributed by atoms with Crippen molar-refractivity contribution in [2.24, 2.45) is 0 Å². The van der Waals surface area contributed by atoms with Gasteiger partial charge >= 0.3 is 0 Å². The molecule has 2 aromatic carbocycles. The number of rotatable bonds is 1. The van der Waals surface area contributed by atoms with E-state index in [1.165, 1.54) is 11.1 Å². The Morgan fingerprint density at radius 1 is 1.08 bits per heavy atom. The monoisotopic (exact) mass is 489 g/mol. The summed E-state index contributed by atoms with van der Waals surface area (Å²) in [5, 5.41) is 4.08. The number of hydrogen-bond donors (Lipinski definition) is 2. The Morgan fingerprint density at radius 3 is 2.78 bits per heavy atom. The maximum absolute atomic E-state index is 13.7. The van der Waals surface area contributed by atoms with Crippen LogP contribution in [0.25, 0.3) is 10.9 Å². The highest BCUT2D eigenvalue weighted by Crippen LogP contribution is 2.31. The van der Waals surface area contributed by atoms with Gasteiger partial charge < -0.3 is 24.7 Å². The van der Waals surface area contributed by atoms with Crippen molar-refractivity contribution >= 4 is 22.7 Å². The smallest absolute Gasteiger partial charge is 0.270 e. The van der Waals surface area contributed by atoms with Gasteiger partial charge in [0.2, 0.25) is 0 Å². The predicted molar refractivity (Wildman–Crippen MR) is 140 cm³/mol. The van der Waals surface area contributed by atoms with Gasteiger partial charge in [-0.1, -0.05) is 29.8 Å². The highest BCUT2D eigenvalue weighted by atomic mass is 16.5. The summed E-state index contributed by atoms with van der Waals surface area (Å²) in [6.07, 6.45) is 3.17. The van der Waals surface area contributed by atoms with Crippen molar-refractivity contribution in [1.29, 1.82) is 0 Å². The molecule has 1 aromatic heterocycles. The second-order valence-corrected chi connectivity index (χ2v) is 10.1. The Labute approximate surface area is 212 Å². The molecule has 1 spiro atoms. The zero-order chi connectivity index (χ0) is 25.3. The van der Waals surface area contributed by atoms with Gasteiger partial charge in [-0.2, -0.15) is 0 Å². The number of H-pyrrole nitrogens is 1. The molecule has 0 bridgehead atoms. The lowest BCUT2D eigenvalue weighted by atomic mass is 9.91. The first kappa shape index (κ1) is 24.4. The van der Waals surface area contributed by atoms with E-state index in [0.717, 1.165) is 47.0 Å². The first-order chi connectivity index (χ1) is 17.4. The quantitative estimate of drug-likeness (QED) is 0.536. The number of hydrogen-bond acceptors (Lipinski definition) is 4. The number of nitrogens with zero attached hydrogens (tertiary/aromatic N) is 1. The fraction of sp³-hybridized carbons (Fsp3) is 0.448. The molecule has 0 saturated carbocycles. The van der Waals surface area contributed by atoms with E-state index in [2.05, 4.69) is 42.3 Å². The van der Waals surface area contributed by atoms with Crippen molar-refractivity contribution in [1.82, 2.24) is 15.2 Å². The molecule has 1 saturated heterocycles. The maximum atomic E-state index is 13.7. The summed E-state index contributed by atoms with van der Waals surface area (Å²) in [6, 6.07) is 12.3. The van der Waals surface area contributed by atoms with Gasteiger partial charge in [0.1, 0.15) is 18.1 Å². The summed E-state index contributed by atoms with van der Waals surface area (Å²) in [5.41, 5.74) is 4.94. The number of carbonyl (C=O) groups excluding carboxylic acids is 2. The highest BCUT2D eigenvalue weighted by Gasteiger charge is 2.45. The number of aromatic nitrogens is 1. The number of para-hydroxylation sites is 1. The standard InChI is InChI=1S/C29H35N3O4/c1-19-16-20(2)25-23(17-19)21(3)26(31-25)27(33)32-13-15-36-29(18-32)11-7-6-9-22-8-4-5-10-24(22)35-14-12-30-28(29)34/h4-5,8,10,16-17,31H,6-7,9,11-15,18H2,1-3H3,(H,30,34). The molecule has 7 nitrogen and oxygen atoms in total. The van der Waals surface area contributed by atoms with Crippen LogP contribution < -0.4 is 10.1 Å². The van der Waals surface area contributed by atoms with Crippen molar-refractivity contribution in [3.05, 3.63) is 64.3 Å². The number of amides is 2. The molecular weight excluding hydrogens is 454 g/mol. The Balaban J connectivity index is 1.37. The molecule has 0 aliphatic carbocycles. The third-order valence-electron chi connectivity index (χ3n) is 7.50. The van der Waals surface area contributed by atoms with Crippen LogP contribution in [0, 0.1) is 20.8 Å². The average Bonchev–Trinajstić information content (AvgIpc) is 3.20. The molecule has 1 atom stereocenters. The van der Waals surface area contributed by atoms with E-state index < -0.39 is 5.60 Å². The summed E-state index contributed by atoms with van der Waals surface area (Å²) in [6.45, 7) is 7.90. The van der Waals surface area contributed by atoms with Gasteiger partial charge in [-0.3, -0.25) is 9.59 Å². The molecule has 0 radical (unpaired) electrons. The third-order valence-corrected chi connectivity index (χ3v) is 7.50. The molecule has 190 valence electrons. The number of ether oxygens (including phenoxy) is 2. The third kappa shape index (κ3) is 4.60. The van der Waals surface area contributed by atoms with Gasteiger partial charge in [-0.15, -0.1) is 0 Å². The van der Waals surface area contributed by atoms with Crippen LogP contribution in [0.2, 0.25) is 0 Å². The lowest BCUT2D eigenvalue weighted by molar-refractivity contribution is -0.159. The van der Waals surface area contributed by atoms with Gasteiger partial charge in [0.15, 0.2) is 5.60 Å². The number of nitrogens with one attached hydrogen (secondary N) is 2. The van der Waals surface area contributed by atoms with Crippen LogP contribution in [0.3, 0.4) is 0 Å². The SMILES string of the molecule is Cc1cc(C)c2[nH]c(C(=O)N3CCOC4(CCCCc5ccccc5OCCNC4=O)C3)c(C)c2c1. The minimum atomic E-state index is -1.06. The van der Waals surface area contributed by atoms with Crippen LogP contribution in [0.4, 0.5) is 0 Å². The van der Waals surface area contributed by atoms with Crippen LogP contribution in [-0.2, 0) is 16.0 Å². The zero-order valence-corrected chi connectivity index (χ0v) is 21.4. The van der Waals surface area contributed by atoms with Crippen LogP contribution in [-0.4, -0.2) is 60.1 Å². The number of aromatic amines is 1. The van der Waals surface area contributed by atoms with Crippen molar-refractivity contribution in [3.8, 4) is 5.75 Å². The molecule has 1 unspecified atom stereocenters. The van der Waals surface area contributed by atoms with E-state index in [4.69, 9.17) is 9.47 Å². The highest BCUT2D eigenvalue weighted by molar-refractivity contribution is 6.02. The molecule has 3 aromatic rings. The minimum absolute atomic E-state index is 0.0837. The summed E-state index contributed by atoms with van der Waals surface area (Å²) < 4.78 is 12.1. The second-order valence-electron chi connectivity index (χ2n) is 10.1. The average molecular weight is 490 g/mol. The van der Waals surface area contributed by atoms with Crippen molar-refractivity contribution in [3.63, 3.8) is 0 Å². The van der Waals surface area contributed by atoms with E-state index in [-0.39, 0.29) is 18.4 Å². The van der Waals surface area contributed by atoms with E-state index in [9.17, 15) is 9.59 Å². The van der Waals surface area contributed by atoms with Crippen molar-refractivity contribution < 1.29 is 19.1 Å². The molecule has 2 aliphatic rings. The largest absolute Gasteiger partial charge is 0.491 e. The Kier molecular flexibility index (Phi) is 6.75. The summed E-state index contributed by atoms with van der Waals surface area (Å²) in [4.78, 5) is 32.3. The lowest BCUT2D eigenvalue weighted by Gasteiger charge is -2.41. The van der Waals surface area contributed by atoms with Gasteiger partial charge in [0.05, 0.1) is 19.7 Å². The van der Waals surface area contributed by atoms with E-state index in [1.807, 2.05) is 25.1 Å². The Hall–Kier alpha value is -3.32. The van der Waals surface area contributed by atoms with Crippen molar-refractivity contribution in [2.75, 3.05) is 32.8 Å². The molecule has 2 N–H and O–H groups in total. The second kappa shape index (κ2) is 9.97. The molecular formula is C29H35N3O4. The zero-order valence-electron chi connectivity index (χ0n) is 21.4. The molecule has 5 rings (SSSR count). The number of aryl methyl sites for hydroxylation is 4. The number of carbonyl (C=O) groups is 2. The van der Waals surface area contributed by atoms with E-state index >= 15 is 0 Å². The summed E-state index contributed by atoms with van der Waals surface area (Å²) >= 11 is 0.